The van der Waals surface area contributed by atoms with E-state index in [0.717, 1.165) is 12.3 Å². The summed E-state index contributed by atoms with van der Waals surface area (Å²) >= 11 is 0. The maximum atomic E-state index is 12.6. The fourth-order valence-corrected chi connectivity index (χ4v) is 2.66. The van der Waals surface area contributed by atoms with Crippen LogP contribution in [0.2, 0.25) is 0 Å². The number of hydrogen-bond acceptors (Lipinski definition) is 5. The van der Waals surface area contributed by atoms with E-state index in [1.54, 1.807) is 4.90 Å². The molecule has 1 saturated heterocycles. The summed E-state index contributed by atoms with van der Waals surface area (Å²) in [5, 5.41) is 0. The van der Waals surface area contributed by atoms with Crippen molar-refractivity contribution >= 4 is 11.7 Å². The van der Waals surface area contributed by atoms with Crippen LogP contribution in [0.5, 0.6) is 0 Å². The third-order valence-corrected chi connectivity index (χ3v) is 3.96. The van der Waals surface area contributed by atoms with E-state index in [4.69, 9.17) is 0 Å². The Labute approximate surface area is 142 Å². The first-order chi connectivity index (χ1) is 11.9. The number of carbonyl (C=O) groups excluding carboxylic acids is 1. The molecular weight excluding hydrogens is 335 g/mol. The minimum absolute atomic E-state index is 0.199. The van der Waals surface area contributed by atoms with Crippen molar-refractivity contribution in [1.29, 1.82) is 0 Å². The van der Waals surface area contributed by atoms with Gasteiger partial charge < -0.3 is 9.80 Å². The standard InChI is InChI=1S/C16H16F3N5O/c17-16(18,19)12-2-3-14(22-10-12)23-6-1-7-24(9-8-23)15(25)13-11-20-4-5-21-13/h2-5,10-11H,1,6-9H2. The smallest absolute Gasteiger partial charge is 0.355 e. The molecule has 3 heterocycles. The molecule has 0 aliphatic carbocycles. The van der Waals surface area contributed by atoms with Gasteiger partial charge in [-0.25, -0.2) is 9.97 Å². The Morgan fingerprint density at radius 1 is 1.00 bits per heavy atom. The highest BCUT2D eigenvalue weighted by molar-refractivity contribution is 5.92. The number of anilines is 1. The number of carbonyl (C=O) groups is 1. The van der Waals surface area contributed by atoms with Gasteiger partial charge in [0.1, 0.15) is 11.5 Å². The van der Waals surface area contributed by atoms with Crippen molar-refractivity contribution in [2.75, 3.05) is 31.1 Å². The Morgan fingerprint density at radius 3 is 2.48 bits per heavy atom. The van der Waals surface area contributed by atoms with Gasteiger partial charge in [-0.3, -0.25) is 9.78 Å². The summed E-state index contributed by atoms with van der Waals surface area (Å²) in [5.41, 5.74) is -0.492. The molecule has 3 rings (SSSR count). The molecule has 0 aromatic carbocycles. The van der Waals surface area contributed by atoms with E-state index >= 15 is 0 Å². The molecule has 6 nitrogen and oxygen atoms in total. The molecule has 1 aliphatic rings. The molecule has 1 fully saturated rings. The van der Waals surface area contributed by atoms with Crippen LogP contribution in [-0.2, 0) is 6.18 Å². The van der Waals surface area contributed by atoms with Crippen LogP contribution in [0.25, 0.3) is 0 Å². The average molecular weight is 351 g/mol. The first-order valence-corrected chi connectivity index (χ1v) is 7.78. The second-order valence-electron chi connectivity index (χ2n) is 5.63. The Morgan fingerprint density at radius 2 is 1.84 bits per heavy atom. The lowest BCUT2D eigenvalue weighted by molar-refractivity contribution is -0.137. The van der Waals surface area contributed by atoms with Crippen LogP contribution in [0, 0.1) is 0 Å². The van der Waals surface area contributed by atoms with Crippen molar-refractivity contribution in [1.82, 2.24) is 19.9 Å². The van der Waals surface area contributed by atoms with E-state index in [0.29, 0.717) is 38.4 Å². The summed E-state index contributed by atoms with van der Waals surface area (Å²) in [5.74, 6) is 0.275. The average Bonchev–Trinajstić information content (AvgIpc) is 2.87. The first-order valence-electron chi connectivity index (χ1n) is 7.78. The lowest BCUT2D eigenvalue weighted by atomic mass is 10.2. The van der Waals surface area contributed by atoms with Crippen molar-refractivity contribution in [2.45, 2.75) is 12.6 Å². The number of aromatic nitrogens is 3. The van der Waals surface area contributed by atoms with Gasteiger partial charge >= 0.3 is 6.18 Å². The van der Waals surface area contributed by atoms with Gasteiger partial charge in [-0.05, 0) is 18.6 Å². The summed E-state index contributed by atoms with van der Waals surface area (Å²) in [6.45, 7) is 2.09. The zero-order valence-electron chi connectivity index (χ0n) is 13.3. The van der Waals surface area contributed by atoms with Crippen molar-refractivity contribution in [3.8, 4) is 0 Å². The van der Waals surface area contributed by atoms with Gasteiger partial charge in [-0.1, -0.05) is 0 Å². The highest BCUT2D eigenvalue weighted by atomic mass is 19.4. The first kappa shape index (κ1) is 17.1. The highest BCUT2D eigenvalue weighted by Gasteiger charge is 2.31. The molecule has 25 heavy (non-hydrogen) atoms. The quantitative estimate of drug-likeness (QED) is 0.830. The van der Waals surface area contributed by atoms with E-state index in [1.807, 2.05) is 4.90 Å². The summed E-state index contributed by atoms with van der Waals surface area (Å²) in [4.78, 5) is 27.8. The van der Waals surface area contributed by atoms with Crippen molar-refractivity contribution in [3.05, 3.63) is 48.2 Å². The zero-order valence-corrected chi connectivity index (χ0v) is 13.3. The molecule has 2 aromatic heterocycles. The number of hydrogen-bond donors (Lipinski definition) is 0. The molecule has 0 N–H and O–H groups in total. The molecule has 0 bridgehead atoms. The largest absolute Gasteiger partial charge is 0.417 e. The zero-order chi connectivity index (χ0) is 17.9. The van der Waals surface area contributed by atoms with Gasteiger partial charge in [0.25, 0.3) is 5.91 Å². The van der Waals surface area contributed by atoms with E-state index in [9.17, 15) is 18.0 Å². The summed E-state index contributed by atoms with van der Waals surface area (Å²) in [7, 11) is 0. The number of halogens is 3. The molecule has 1 amide bonds. The van der Waals surface area contributed by atoms with E-state index in [1.165, 1.54) is 24.7 Å². The molecule has 132 valence electrons. The normalized spacial score (nSPS) is 15.8. The van der Waals surface area contributed by atoms with Gasteiger partial charge in [-0.2, -0.15) is 13.2 Å². The van der Waals surface area contributed by atoms with Crippen molar-refractivity contribution in [2.24, 2.45) is 0 Å². The highest BCUT2D eigenvalue weighted by Crippen LogP contribution is 2.29. The van der Waals surface area contributed by atoms with E-state index < -0.39 is 11.7 Å². The van der Waals surface area contributed by atoms with Crippen LogP contribution in [-0.4, -0.2) is 51.9 Å². The molecule has 0 spiro atoms. The number of pyridine rings is 1. The Balaban J connectivity index is 1.66. The number of rotatable bonds is 2. The van der Waals surface area contributed by atoms with Gasteiger partial charge in [0.2, 0.25) is 0 Å². The van der Waals surface area contributed by atoms with Gasteiger partial charge in [0, 0.05) is 44.8 Å². The lowest BCUT2D eigenvalue weighted by Crippen LogP contribution is -2.35. The summed E-state index contributed by atoms with van der Waals surface area (Å²) in [6.07, 6.45) is 1.50. The number of alkyl halides is 3. The second-order valence-corrected chi connectivity index (χ2v) is 5.63. The molecule has 0 atom stereocenters. The lowest BCUT2D eigenvalue weighted by Gasteiger charge is -2.23. The van der Waals surface area contributed by atoms with Crippen molar-refractivity contribution < 1.29 is 18.0 Å². The maximum Gasteiger partial charge on any atom is 0.417 e. The van der Waals surface area contributed by atoms with E-state index in [2.05, 4.69) is 15.0 Å². The van der Waals surface area contributed by atoms with Crippen LogP contribution in [0.3, 0.4) is 0 Å². The Bertz CT molecular complexity index is 721. The summed E-state index contributed by atoms with van der Waals surface area (Å²) in [6, 6.07) is 2.39. The molecule has 1 aliphatic heterocycles. The van der Waals surface area contributed by atoms with Crippen LogP contribution in [0.15, 0.2) is 36.9 Å². The third-order valence-electron chi connectivity index (χ3n) is 3.96. The fourth-order valence-electron chi connectivity index (χ4n) is 2.66. The molecular formula is C16H16F3N5O. The predicted molar refractivity (Wildman–Crippen MR) is 84.0 cm³/mol. The molecule has 2 aromatic rings. The Kier molecular flexibility index (Phi) is 4.82. The number of nitrogens with zero attached hydrogens (tertiary/aromatic N) is 5. The topological polar surface area (TPSA) is 62.2 Å². The minimum Gasteiger partial charge on any atom is -0.355 e. The molecule has 0 radical (unpaired) electrons. The van der Waals surface area contributed by atoms with Crippen LogP contribution >= 0.6 is 0 Å². The van der Waals surface area contributed by atoms with Crippen LogP contribution in [0.4, 0.5) is 19.0 Å². The molecule has 0 saturated carbocycles. The van der Waals surface area contributed by atoms with Gasteiger partial charge in [0.15, 0.2) is 0 Å². The maximum absolute atomic E-state index is 12.6. The summed E-state index contributed by atoms with van der Waals surface area (Å²) < 4.78 is 37.9. The van der Waals surface area contributed by atoms with Crippen LogP contribution < -0.4 is 4.90 Å². The van der Waals surface area contributed by atoms with Crippen molar-refractivity contribution in [3.63, 3.8) is 0 Å². The van der Waals surface area contributed by atoms with Gasteiger partial charge in [-0.15, -0.1) is 0 Å². The second kappa shape index (κ2) is 7.04. The SMILES string of the molecule is O=C(c1cnccn1)N1CCCN(c2ccc(C(F)(F)F)cn2)CC1. The predicted octanol–water partition coefficient (Wildman–Crippen LogP) is 2.24. The van der Waals surface area contributed by atoms with Gasteiger partial charge in [0.05, 0.1) is 11.8 Å². The van der Waals surface area contributed by atoms with E-state index in [-0.39, 0.29) is 11.6 Å². The Hall–Kier alpha value is -2.71. The number of amides is 1. The van der Waals surface area contributed by atoms with Crippen LogP contribution in [0.1, 0.15) is 22.5 Å². The fraction of sp³-hybridized carbons (Fsp3) is 0.375. The minimum atomic E-state index is -4.40. The monoisotopic (exact) mass is 351 g/mol. The molecule has 9 heteroatoms. The molecule has 0 unspecified atom stereocenters. The third kappa shape index (κ3) is 4.04.